The van der Waals surface area contributed by atoms with E-state index in [2.05, 4.69) is 11.8 Å². The lowest BCUT2D eigenvalue weighted by Crippen LogP contribution is -2.36. The molecule has 9 nitrogen and oxygen atoms in total. The number of halogens is 2. The number of carbonyl (C=O) groups is 3. The number of hydrogen-bond donors (Lipinski definition) is 1. The van der Waals surface area contributed by atoms with Crippen LogP contribution in [0, 0.1) is 6.92 Å². The van der Waals surface area contributed by atoms with Gasteiger partial charge in [0.1, 0.15) is 19.0 Å². The van der Waals surface area contributed by atoms with Crippen molar-refractivity contribution in [2.75, 3.05) is 32.6 Å². The third kappa shape index (κ3) is 7.97. The van der Waals surface area contributed by atoms with E-state index in [9.17, 15) is 14.4 Å². The summed E-state index contributed by atoms with van der Waals surface area (Å²) in [5.74, 6) is -0.785. The van der Waals surface area contributed by atoms with Crippen molar-refractivity contribution in [3.8, 4) is 5.75 Å². The van der Waals surface area contributed by atoms with E-state index in [1.54, 1.807) is 67.1 Å². The molecule has 0 atom stereocenters. The van der Waals surface area contributed by atoms with Gasteiger partial charge in [-0.2, -0.15) is 0 Å². The van der Waals surface area contributed by atoms with Crippen LogP contribution in [0.5, 0.6) is 5.75 Å². The fourth-order valence-corrected chi connectivity index (χ4v) is 6.82. The van der Waals surface area contributed by atoms with Crippen molar-refractivity contribution in [1.82, 2.24) is 9.47 Å². The molecule has 1 aliphatic rings. The molecule has 0 radical (unpaired) electrons. The fraction of sp³-hybridized carbons (Fsp3) is 0.378. The standard InChI is InChI=1S/C37H41Cl2N3O6/c1-4-41(28-8-6-5-7-9-28)22-26-18-25(19-32(39)35(26)40)37(45)48-17-16-47-34(43)21-30-23(2)42(33-15-14-29(46-3)20-31(30)33)36(44)24-10-12-27(38)13-11-24/h10-15,18-20,28H,4-9,16-17,21-22,40H2,1-3H3. The van der Waals surface area contributed by atoms with Crippen LogP contribution in [0.25, 0.3) is 10.9 Å². The zero-order valence-corrected chi connectivity index (χ0v) is 29.0. The number of hydrogen-bond acceptors (Lipinski definition) is 8. The van der Waals surface area contributed by atoms with Crippen LogP contribution in [0.4, 0.5) is 5.69 Å². The van der Waals surface area contributed by atoms with E-state index in [1.165, 1.54) is 25.3 Å². The van der Waals surface area contributed by atoms with Crippen molar-refractivity contribution in [2.24, 2.45) is 0 Å². The second-order valence-corrected chi connectivity index (χ2v) is 12.9. The zero-order chi connectivity index (χ0) is 34.4. The summed E-state index contributed by atoms with van der Waals surface area (Å²) in [6.45, 7) is 5.09. The van der Waals surface area contributed by atoms with Gasteiger partial charge in [-0.25, -0.2) is 4.79 Å². The Bertz CT molecular complexity index is 1800. The summed E-state index contributed by atoms with van der Waals surface area (Å²) < 4.78 is 17.9. The van der Waals surface area contributed by atoms with Crippen LogP contribution >= 0.6 is 23.2 Å². The van der Waals surface area contributed by atoms with E-state index in [0.717, 1.165) is 24.9 Å². The topological polar surface area (TPSA) is 113 Å². The van der Waals surface area contributed by atoms with Crippen molar-refractivity contribution in [3.63, 3.8) is 0 Å². The van der Waals surface area contributed by atoms with Gasteiger partial charge in [-0.05, 0) is 92.0 Å². The highest BCUT2D eigenvalue weighted by Gasteiger charge is 2.24. The summed E-state index contributed by atoms with van der Waals surface area (Å²) in [7, 11) is 1.55. The van der Waals surface area contributed by atoms with Gasteiger partial charge in [0, 0.05) is 34.3 Å². The van der Waals surface area contributed by atoms with E-state index >= 15 is 0 Å². The molecule has 0 spiro atoms. The maximum atomic E-state index is 13.5. The Hall–Kier alpha value is -4.05. The Morgan fingerprint density at radius 1 is 0.938 bits per heavy atom. The number of ether oxygens (including phenoxy) is 3. The number of anilines is 1. The molecule has 1 aromatic heterocycles. The Balaban J connectivity index is 1.23. The predicted octanol–water partition coefficient (Wildman–Crippen LogP) is 7.63. The average Bonchev–Trinajstić information content (AvgIpc) is 3.36. The number of carbonyl (C=O) groups excluding carboxylic acids is 3. The smallest absolute Gasteiger partial charge is 0.338 e. The molecule has 0 saturated heterocycles. The van der Waals surface area contributed by atoms with Gasteiger partial charge in [-0.3, -0.25) is 19.1 Å². The minimum Gasteiger partial charge on any atom is -0.497 e. The number of aromatic nitrogens is 1. The first kappa shape index (κ1) is 35.3. The number of nitrogens with zero attached hydrogens (tertiary/aromatic N) is 2. The van der Waals surface area contributed by atoms with E-state index in [-0.39, 0.29) is 31.1 Å². The normalized spacial score (nSPS) is 13.5. The number of benzene rings is 3. The Labute approximate surface area is 290 Å². The lowest BCUT2D eigenvalue weighted by atomic mass is 9.93. The molecule has 1 heterocycles. The zero-order valence-electron chi connectivity index (χ0n) is 27.5. The molecular formula is C37H41Cl2N3O6. The van der Waals surface area contributed by atoms with E-state index < -0.39 is 11.9 Å². The van der Waals surface area contributed by atoms with Gasteiger partial charge < -0.3 is 19.9 Å². The molecule has 254 valence electrons. The van der Waals surface area contributed by atoms with Crippen molar-refractivity contribution in [3.05, 3.63) is 92.6 Å². The first-order valence-corrected chi connectivity index (χ1v) is 17.0. The number of rotatable bonds is 12. The van der Waals surface area contributed by atoms with Gasteiger partial charge in [-0.15, -0.1) is 0 Å². The Kier molecular flexibility index (Phi) is 11.7. The monoisotopic (exact) mass is 693 g/mol. The first-order chi connectivity index (χ1) is 23.1. The largest absolute Gasteiger partial charge is 0.497 e. The highest BCUT2D eigenvalue weighted by molar-refractivity contribution is 6.33. The van der Waals surface area contributed by atoms with Crippen molar-refractivity contribution >= 4 is 57.6 Å². The molecule has 0 bridgehead atoms. The fourth-order valence-electron chi connectivity index (χ4n) is 6.45. The Morgan fingerprint density at radius 2 is 1.65 bits per heavy atom. The number of esters is 2. The summed E-state index contributed by atoms with van der Waals surface area (Å²) in [6.07, 6.45) is 5.91. The quantitative estimate of drug-likeness (QED) is 0.0916. The highest BCUT2D eigenvalue weighted by Crippen LogP contribution is 2.32. The summed E-state index contributed by atoms with van der Waals surface area (Å²) >= 11 is 12.5. The molecule has 0 amide bonds. The molecule has 48 heavy (non-hydrogen) atoms. The maximum Gasteiger partial charge on any atom is 0.338 e. The third-order valence-corrected chi connectivity index (χ3v) is 9.62. The molecule has 2 N–H and O–H groups in total. The maximum absolute atomic E-state index is 13.5. The number of nitrogen functional groups attached to an aromatic ring is 1. The lowest BCUT2D eigenvalue weighted by molar-refractivity contribution is -0.143. The Morgan fingerprint density at radius 3 is 2.33 bits per heavy atom. The summed E-state index contributed by atoms with van der Waals surface area (Å²) in [5.41, 5.74) is 10.2. The van der Waals surface area contributed by atoms with Gasteiger partial charge in [0.25, 0.3) is 5.91 Å². The molecule has 5 rings (SSSR count). The van der Waals surface area contributed by atoms with Crippen LogP contribution in [-0.4, -0.2) is 60.2 Å². The van der Waals surface area contributed by atoms with Gasteiger partial charge in [0.05, 0.1) is 35.3 Å². The summed E-state index contributed by atoms with van der Waals surface area (Å²) in [4.78, 5) is 41.9. The molecule has 4 aromatic rings. The first-order valence-electron chi connectivity index (χ1n) is 16.2. The van der Waals surface area contributed by atoms with Gasteiger partial charge in [-0.1, -0.05) is 49.4 Å². The number of methoxy groups -OCH3 is 1. The minimum atomic E-state index is -0.582. The van der Waals surface area contributed by atoms with Crippen molar-refractivity contribution in [1.29, 1.82) is 0 Å². The molecule has 0 unspecified atom stereocenters. The van der Waals surface area contributed by atoms with Crippen molar-refractivity contribution in [2.45, 2.75) is 65.0 Å². The molecule has 11 heteroatoms. The van der Waals surface area contributed by atoms with E-state index in [0.29, 0.717) is 61.8 Å². The van der Waals surface area contributed by atoms with Gasteiger partial charge in [0.15, 0.2) is 0 Å². The van der Waals surface area contributed by atoms with Crippen LogP contribution in [0.3, 0.4) is 0 Å². The SMILES string of the molecule is CCN(Cc1cc(C(=O)OCCOC(=O)Cc2c(C)n(C(=O)c3ccc(Cl)cc3)c3ccc(OC)cc23)cc(Cl)c1N)C1CCCCC1. The van der Waals surface area contributed by atoms with E-state index in [1.807, 2.05) is 0 Å². The lowest BCUT2D eigenvalue weighted by Gasteiger charge is -2.34. The second-order valence-electron chi connectivity index (χ2n) is 12.0. The van der Waals surface area contributed by atoms with Crippen LogP contribution in [0.2, 0.25) is 10.0 Å². The van der Waals surface area contributed by atoms with Gasteiger partial charge in [0.2, 0.25) is 0 Å². The molecule has 0 aliphatic heterocycles. The molecular weight excluding hydrogens is 653 g/mol. The van der Waals surface area contributed by atoms with Crippen LogP contribution < -0.4 is 10.5 Å². The molecule has 1 aliphatic carbocycles. The highest BCUT2D eigenvalue weighted by atomic mass is 35.5. The average molecular weight is 695 g/mol. The molecule has 1 fully saturated rings. The summed E-state index contributed by atoms with van der Waals surface area (Å²) in [6, 6.07) is 15.7. The van der Waals surface area contributed by atoms with E-state index in [4.69, 9.17) is 43.1 Å². The summed E-state index contributed by atoms with van der Waals surface area (Å²) in [5, 5.41) is 1.51. The molecule has 1 saturated carbocycles. The van der Waals surface area contributed by atoms with Crippen LogP contribution in [0.1, 0.15) is 76.6 Å². The number of fused-ring (bicyclic) bond motifs is 1. The predicted molar refractivity (Wildman–Crippen MR) is 188 cm³/mol. The molecule has 3 aromatic carbocycles. The van der Waals surface area contributed by atoms with Crippen LogP contribution in [-0.2, 0) is 27.2 Å². The van der Waals surface area contributed by atoms with Crippen molar-refractivity contribution < 1.29 is 28.6 Å². The second kappa shape index (κ2) is 15.9. The van der Waals surface area contributed by atoms with Crippen LogP contribution in [0.15, 0.2) is 54.6 Å². The van der Waals surface area contributed by atoms with Gasteiger partial charge >= 0.3 is 11.9 Å². The number of nitrogens with two attached hydrogens (primary N) is 1. The minimum absolute atomic E-state index is 0.101. The third-order valence-electron chi connectivity index (χ3n) is 9.06.